The summed E-state index contributed by atoms with van der Waals surface area (Å²) in [6.45, 7) is 4.05. The third kappa shape index (κ3) is 1.70. The number of carbonyl (C=O) groups is 1. The molecule has 0 spiro atoms. The smallest absolute Gasteiger partial charge is 0.341 e. The molecule has 4 nitrogen and oxygen atoms in total. The van der Waals surface area contributed by atoms with Crippen LogP contribution in [0, 0.1) is 6.92 Å². The first-order valence-corrected chi connectivity index (χ1v) is 4.84. The van der Waals surface area contributed by atoms with Crippen molar-refractivity contribution in [3.8, 4) is 0 Å². The van der Waals surface area contributed by atoms with Crippen molar-refractivity contribution in [3.63, 3.8) is 0 Å². The van der Waals surface area contributed by atoms with Crippen molar-refractivity contribution in [2.24, 2.45) is 0 Å². The van der Waals surface area contributed by atoms with Gasteiger partial charge in [-0.05, 0) is 26.0 Å². The molecule has 0 atom stereocenters. The molecule has 0 radical (unpaired) electrons. The summed E-state index contributed by atoms with van der Waals surface area (Å²) in [4.78, 5) is 15.9. The van der Waals surface area contributed by atoms with E-state index in [1.807, 2.05) is 19.2 Å². The SMILES string of the molecule is CCOC(=O)c1ccn2ccc(C)nc12. The fraction of sp³-hybridized carbons (Fsp3) is 0.273. The van der Waals surface area contributed by atoms with Crippen molar-refractivity contribution in [1.82, 2.24) is 9.38 Å². The van der Waals surface area contributed by atoms with Gasteiger partial charge in [0.25, 0.3) is 0 Å². The Morgan fingerprint density at radius 2 is 2.20 bits per heavy atom. The molecule has 2 aromatic heterocycles. The zero-order chi connectivity index (χ0) is 10.8. The molecule has 2 heterocycles. The van der Waals surface area contributed by atoms with Crippen molar-refractivity contribution in [1.29, 1.82) is 0 Å². The Hall–Kier alpha value is -1.84. The van der Waals surface area contributed by atoms with E-state index in [0.29, 0.717) is 17.8 Å². The molecule has 0 fully saturated rings. The maximum Gasteiger partial charge on any atom is 0.341 e. The quantitative estimate of drug-likeness (QED) is 0.701. The Morgan fingerprint density at radius 3 is 2.93 bits per heavy atom. The number of fused-ring (bicyclic) bond motifs is 1. The van der Waals surface area contributed by atoms with Crippen LogP contribution in [0.25, 0.3) is 5.65 Å². The normalized spacial score (nSPS) is 10.5. The van der Waals surface area contributed by atoms with Crippen LogP contribution in [0.15, 0.2) is 24.5 Å². The first-order valence-electron chi connectivity index (χ1n) is 4.84. The molecule has 0 aliphatic heterocycles. The third-order valence-corrected chi connectivity index (χ3v) is 2.14. The Bertz CT molecular complexity index is 502. The third-order valence-electron chi connectivity index (χ3n) is 2.14. The lowest BCUT2D eigenvalue weighted by molar-refractivity contribution is 0.0528. The van der Waals surface area contributed by atoms with E-state index in [4.69, 9.17) is 4.74 Å². The Balaban J connectivity index is 2.52. The molecule has 0 bridgehead atoms. The monoisotopic (exact) mass is 204 g/mol. The molecule has 0 saturated carbocycles. The molecule has 15 heavy (non-hydrogen) atoms. The summed E-state index contributed by atoms with van der Waals surface area (Å²) >= 11 is 0. The first kappa shape index (κ1) is 9.71. The van der Waals surface area contributed by atoms with Crippen LogP contribution >= 0.6 is 0 Å². The number of aromatic nitrogens is 2. The molecule has 0 aliphatic carbocycles. The van der Waals surface area contributed by atoms with Crippen molar-refractivity contribution in [3.05, 3.63) is 35.8 Å². The van der Waals surface area contributed by atoms with Crippen LogP contribution in [0.1, 0.15) is 23.0 Å². The molecular weight excluding hydrogens is 192 g/mol. The molecule has 4 heteroatoms. The highest BCUT2D eigenvalue weighted by molar-refractivity contribution is 5.96. The van der Waals surface area contributed by atoms with Gasteiger partial charge < -0.3 is 9.14 Å². The summed E-state index contributed by atoms with van der Waals surface area (Å²) < 4.78 is 6.75. The van der Waals surface area contributed by atoms with E-state index in [1.54, 1.807) is 23.6 Å². The van der Waals surface area contributed by atoms with Crippen molar-refractivity contribution < 1.29 is 9.53 Å². The Morgan fingerprint density at radius 1 is 1.47 bits per heavy atom. The van der Waals surface area contributed by atoms with Gasteiger partial charge in [-0.25, -0.2) is 9.78 Å². The van der Waals surface area contributed by atoms with E-state index in [2.05, 4.69) is 4.98 Å². The molecule has 0 N–H and O–H groups in total. The standard InChI is InChI=1S/C11H12N2O2/c1-3-15-11(14)9-5-7-13-6-4-8(2)12-10(9)13/h4-7H,3H2,1-2H3. The average molecular weight is 204 g/mol. The molecule has 0 unspecified atom stereocenters. The highest BCUT2D eigenvalue weighted by Gasteiger charge is 2.13. The highest BCUT2D eigenvalue weighted by atomic mass is 16.5. The largest absolute Gasteiger partial charge is 0.462 e. The molecule has 78 valence electrons. The number of hydrogen-bond donors (Lipinski definition) is 0. The summed E-state index contributed by atoms with van der Waals surface area (Å²) in [7, 11) is 0. The number of nitrogens with zero attached hydrogens (tertiary/aromatic N) is 2. The minimum Gasteiger partial charge on any atom is -0.462 e. The second-order valence-corrected chi connectivity index (χ2v) is 3.25. The van der Waals surface area contributed by atoms with Gasteiger partial charge in [0.15, 0.2) is 5.65 Å². The van der Waals surface area contributed by atoms with Gasteiger partial charge in [-0.2, -0.15) is 0 Å². The lowest BCUT2D eigenvalue weighted by Crippen LogP contribution is -2.05. The maximum absolute atomic E-state index is 11.6. The summed E-state index contributed by atoms with van der Waals surface area (Å²) in [5.74, 6) is -0.321. The molecule has 2 aromatic rings. The number of carbonyl (C=O) groups excluding carboxylic acids is 1. The Labute approximate surface area is 87.5 Å². The van der Waals surface area contributed by atoms with Gasteiger partial charge in [0.1, 0.15) is 5.56 Å². The minimum absolute atomic E-state index is 0.321. The first-order chi connectivity index (χ1) is 7.22. The van der Waals surface area contributed by atoms with Crippen LogP contribution in [0.2, 0.25) is 0 Å². The highest BCUT2D eigenvalue weighted by Crippen LogP contribution is 2.12. The van der Waals surface area contributed by atoms with Crippen molar-refractivity contribution in [2.45, 2.75) is 13.8 Å². The molecule has 0 saturated heterocycles. The molecule has 0 aliphatic rings. The topological polar surface area (TPSA) is 43.6 Å². The van der Waals surface area contributed by atoms with E-state index in [1.165, 1.54) is 0 Å². The van der Waals surface area contributed by atoms with E-state index in [-0.39, 0.29) is 5.97 Å². The van der Waals surface area contributed by atoms with E-state index < -0.39 is 0 Å². The molecule has 0 amide bonds. The van der Waals surface area contributed by atoms with Crippen LogP contribution in [-0.4, -0.2) is 22.0 Å². The van der Waals surface area contributed by atoms with Gasteiger partial charge in [0, 0.05) is 18.1 Å². The predicted octanol–water partition coefficient (Wildman–Crippen LogP) is 1.82. The van der Waals surface area contributed by atoms with Gasteiger partial charge in [-0.3, -0.25) is 0 Å². The summed E-state index contributed by atoms with van der Waals surface area (Å²) in [5.41, 5.74) is 2.04. The van der Waals surface area contributed by atoms with Crippen LogP contribution in [-0.2, 0) is 4.74 Å². The van der Waals surface area contributed by atoms with Crippen LogP contribution in [0.5, 0.6) is 0 Å². The fourth-order valence-corrected chi connectivity index (χ4v) is 1.44. The molecular formula is C11H12N2O2. The maximum atomic E-state index is 11.6. The fourth-order valence-electron chi connectivity index (χ4n) is 1.44. The average Bonchev–Trinajstić information content (AvgIpc) is 2.60. The lowest BCUT2D eigenvalue weighted by Gasteiger charge is -2.00. The van der Waals surface area contributed by atoms with Gasteiger partial charge in [0.2, 0.25) is 0 Å². The van der Waals surface area contributed by atoms with Crippen molar-refractivity contribution in [2.75, 3.05) is 6.61 Å². The van der Waals surface area contributed by atoms with Gasteiger partial charge in [0.05, 0.1) is 6.61 Å². The van der Waals surface area contributed by atoms with Crippen molar-refractivity contribution >= 4 is 11.6 Å². The number of hydrogen-bond acceptors (Lipinski definition) is 3. The second kappa shape index (κ2) is 3.73. The van der Waals surface area contributed by atoms with Crippen LogP contribution < -0.4 is 0 Å². The Kier molecular flexibility index (Phi) is 2.41. The summed E-state index contributed by atoms with van der Waals surface area (Å²) in [6.07, 6.45) is 3.68. The van der Waals surface area contributed by atoms with Gasteiger partial charge >= 0.3 is 5.97 Å². The lowest BCUT2D eigenvalue weighted by atomic mass is 10.3. The zero-order valence-electron chi connectivity index (χ0n) is 8.73. The zero-order valence-corrected chi connectivity index (χ0v) is 8.73. The number of aryl methyl sites for hydroxylation is 1. The van der Waals surface area contributed by atoms with E-state index in [9.17, 15) is 4.79 Å². The van der Waals surface area contributed by atoms with E-state index >= 15 is 0 Å². The minimum atomic E-state index is -0.321. The number of rotatable bonds is 2. The van der Waals surface area contributed by atoms with Crippen LogP contribution in [0.3, 0.4) is 0 Å². The summed E-state index contributed by atoms with van der Waals surface area (Å²) in [5, 5.41) is 0. The van der Waals surface area contributed by atoms with E-state index in [0.717, 1.165) is 5.69 Å². The molecule has 0 aromatic carbocycles. The van der Waals surface area contributed by atoms with Gasteiger partial charge in [-0.15, -0.1) is 0 Å². The number of ether oxygens (including phenoxy) is 1. The predicted molar refractivity (Wildman–Crippen MR) is 55.9 cm³/mol. The second-order valence-electron chi connectivity index (χ2n) is 3.25. The van der Waals surface area contributed by atoms with Crippen LogP contribution in [0.4, 0.5) is 0 Å². The number of esters is 1. The van der Waals surface area contributed by atoms with Gasteiger partial charge in [-0.1, -0.05) is 0 Å². The molecule has 2 rings (SSSR count). The summed E-state index contributed by atoms with van der Waals surface area (Å²) in [6, 6.07) is 3.61.